The van der Waals surface area contributed by atoms with E-state index in [1.165, 1.54) is 16.7 Å². The van der Waals surface area contributed by atoms with E-state index in [1.54, 1.807) is 7.11 Å². The topological polar surface area (TPSA) is 29.5 Å². The van der Waals surface area contributed by atoms with Crippen LogP contribution >= 0.6 is 0 Å². The Kier molecular flexibility index (Phi) is 5.01. The number of benzene rings is 1. The Labute approximate surface area is 105 Å². The molecule has 0 fully saturated rings. The highest BCUT2D eigenvalue weighted by Gasteiger charge is 2.15. The molecule has 1 atom stereocenters. The molecule has 0 spiro atoms. The summed E-state index contributed by atoms with van der Waals surface area (Å²) in [4.78, 5) is 0. The Morgan fingerprint density at radius 3 is 2.29 bits per heavy atom. The summed E-state index contributed by atoms with van der Waals surface area (Å²) in [5.41, 5.74) is 3.80. The number of hydrogen-bond acceptors (Lipinski definition) is 2. The number of ether oxygens (including phenoxy) is 1. The maximum atomic E-state index is 9.39. The van der Waals surface area contributed by atoms with Crippen LogP contribution in [0.2, 0.25) is 0 Å². The molecule has 17 heavy (non-hydrogen) atoms. The monoisotopic (exact) mass is 236 g/mol. The summed E-state index contributed by atoms with van der Waals surface area (Å²) in [6.07, 6.45) is 0.935. The number of hydrogen-bond donors (Lipinski definition) is 1. The molecule has 1 rings (SSSR count). The summed E-state index contributed by atoms with van der Waals surface area (Å²) < 4.78 is 5.31. The molecule has 0 saturated carbocycles. The van der Waals surface area contributed by atoms with Crippen molar-refractivity contribution in [2.24, 2.45) is 11.8 Å². The highest BCUT2D eigenvalue weighted by Crippen LogP contribution is 2.27. The van der Waals surface area contributed by atoms with Gasteiger partial charge in [-0.15, -0.1) is 0 Å². The van der Waals surface area contributed by atoms with Gasteiger partial charge in [-0.3, -0.25) is 0 Å². The maximum absolute atomic E-state index is 9.39. The summed E-state index contributed by atoms with van der Waals surface area (Å²) in [7, 11) is 1.70. The molecular weight excluding hydrogens is 212 g/mol. The highest BCUT2D eigenvalue weighted by atomic mass is 16.5. The normalized spacial score (nSPS) is 12.9. The first-order valence-corrected chi connectivity index (χ1v) is 6.25. The number of rotatable bonds is 5. The van der Waals surface area contributed by atoms with Crippen molar-refractivity contribution < 1.29 is 9.84 Å². The second-order valence-corrected chi connectivity index (χ2v) is 5.07. The maximum Gasteiger partial charge on any atom is 0.122 e. The van der Waals surface area contributed by atoms with Crippen molar-refractivity contribution in [1.29, 1.82) is 0 Å². The molecule has 1 aromatic carbocycles. The fourth-order valence-corrected chi connectivity index (χ4v) is 2.09. The van der Waals surface area contributed by atoms with Gasteiger partial charge in [0.05, 0.1) is 7.11 Å². The number of methoxy groups -OCH3 is 1. The van der Waals surface area contributed by atoms with Crippen LogP contribution in [0.5, 0.6) is 5.75 Å². The summed E-state index contributed by atoms with van der Waals surface area (Å²) in [5, 5.41) is 9.39. The Hall–Kier alpha value is -1.02. The van der Waals surface area contributed by atoms with Crippen LogP contribution < -0.4 is 4.74 Å². The summed E-state index contributed by atoms with van der Waals surface area (Å²) in [6.45, 7) is 8.78. The molecule has 1 N–H and O–H groups in total. The smallest absolute Gasteiger partial charge is 0.122 e. The second kappa shape index (κ2) is 6.06. The molecule has 96 valence electrons. The Balaban J connectivity index is 2.96. The highest BCUT2D eigenvalue weighted by molar-refractivity contribution is 5.43. The standard InChI is InChI=1S/C15H24O2/c1-10(2)14(9-16)8-13-6-7-15(17-5)12(4)11(13)3/h6-7,10,14,16H,8-9H2,1-5H3. The van der Waals surface area contributed by atoms with Crippen molar-refractivity contribution in [3.8, 4) is 5.75 Å². The first-order chi connectivity index (χ1) is 8.01. The predicted octanol–water partition coefficient (Wildman–Crippen LogP) is 3.12. The molecular formula is C15H24O2. The van der Waals surface area contributed by atoms with Crippen LogP contribution in [0, 0.1) is 25.7 Å². The van der Waals surface area contributed by atoms with Crippen molar-refractivity contribution in [1.82, 2.24) is 0 Å². The van der Waals surface area contributed by atoms with Crippen molar-refractivity contribution >= 4 is 0 Å². The van der Waals surface area contributed by atoms with Gasteiger partial charge in [-0.1, -0.05) is 19.9 Å². The van der Waals surface area contributed by atoms with E-state index in [0.29, 0.717) is 11.8 Å². The van der Waals surface area contributed by atoms with Crippen LogP contribution in [0.3, 0.4) is 0 Å². The summed E-state index contributed by atoms with van der Waals surface area (Å²) in [5.74, 6) is 1.78. The number of aliphatic hydroxyl groups is 1. The average molecular weight is 236 g/mol. The lowest BCUT2D eigenvalue weighted by Crippen LogP contribution is -2.17. The molecule has 1 unspecified atom stereocenters. The van der Waals surface area contributed by atoms with Crippen molar-refractivity contribution in [3.05, 3.63) is 28.8 Å². The Morgan fingerprint density at radius 1 is 1.18 bits per heavy atom. The molecule has 0 aliphatic rings. The van der Waals surface area contributed by atoms with Crippen molar-refractivity contribution in [2.45, 2.75) is 34.1 Å². The van der Waals surface area contributed by atoms with Gasteiger partial charge in [-0.25, -0.2) is 0 Å². The minimum absolute atomic E-state index is 0.252. The zero-order valence-electron chi connectivity index (χ0n) is 11.6. The van der Waals surface area contributed by atoms with Crippen molar-refractivity contribution in [2.75, 3.05) is 13.7 Å². The molecule has 0 saturated heterocycles. The lowest BCUT2D eigenvalue weighted by Gasteiger charge is -2.20. The summed E-state index contributed by atoms with van der Waals surface area (Å²) in [6, 6.07) is 4.14. The van der Waals surface area contributed by atoms with Gasteiger partial charge in [0.15, 0.2) is 0 Å². The molecule has 2 heteroatoms. The van der Waals surface area contributed by atoms with Crippen LogP contribution in [0.25, 0.3) is 0 Å². The van der Waals surface area contributed by atoms with Gasteiger partial charge < -0.3 is 9.84 Å². The second-order valence-electron chi connectivity index (χ2n) is 5.07. The van der Waals surface area contributed by atoms with Gasteiger partial charge >= 0.3 is 0 Å². The average Bonchev–Trinajstić information content (AvgIpc) is 2.30. The van der Waals surface area contributed by atoms with Gasteiger partial charge in [0.1, 0.15) is 5.75 Å². The minimum atomic E-state index is 0.252. The molecule has 0 amide bonds. The Morgan fingerprint density at radius 2 is 1.82 bits per heavy atom. The first kappa shape index (κ1) is 14.0. The largest absolute Gasteiger partial charge is 0.496 e. The number of aliphatic hydroxyl groups excluding tert-OH is 1. The van der Waals surface area contributed by atoms with Crippen LogP contribution in [-0.2, 0) is 6.42 Å². The lowest BCUT2D eigenvalue weighted by molar-refractivity contribution is 0.189. The van der Waals surface area contributed by atoms with Gasteiger partial charge in [0, 0.05) is 6.61 Å². The van der Waals surface area contributed by atoms with Crippen molar-refractivity contribution in [3.63, 3.8) is 0 Å². The van der Waals surface area contributed by atoms with E-state index in [9.17, 15) is 5.11 Å². The van der Waals surface area contributed by atoms with E-state index >= 15 is 0 Å². The fraction of sp³-hybridized carbons (Fsp3) is 0.600. The van der Waals surface area contributed by atoms with E-state index in [4.69, 9.17) is 4.74 Å². The van der Waals surface area contributed by atoms with E-state index in [2.05, 4.69) is 33.8 Å². The van der Waals surface area contributed by atoms with Crippen LogP contribution in [0.1, 0.15) is 30.5 Å². The minimum Gasteiger partial charge on any atom is -0.496 e. The quantitative estimate of drug-likeness (QED) is 0.851. The van der Waals surface area contributed by atoms with E-state index in [0.717, 1.165) is 12.2 Å². The molecule has 0 aliphatic carbocycles. The third-order valence-corrected chi connectivity index (χ3v) is 3.73. The molecule has 1 aromatic rings. The molecule has 0 aromatic heterocycles. The van der Waals surface area contributed by atoms with E-state index in [-0.39, 0.29) is 6.61 Å². The molecule has 0 heterocycles. The molecule has 2 nitrogen and oxygen atoms in total. The lowest BCUT2D eigenvalue weighted by atomic mass is 9.87. The molecule has 0 bridgehead atoms. The Bertz CT molecular complexity index is 369. The molecule has 0 radical (unpaired) electrons. The van der Waals surface area contributed by atoms with E-state index < -0.39 is 0 Å². The van der Waals surface area contributed by atoms with Crippen LogP contribution in [0.15, 0.2) is 12.1 Å². The zero-order chi connectivity index (χ0) is 13.0. The van der Waals surface area contributed by atoms with Gasteiger partial charge in [0.2, 0.25) is 0 Å². The van der Waals surface area contributed by atoms with Gasteiger partial charge in [-0.05, 0) is 54.9 Å². The van der Waals surface area contributed by atoms with Crippen LogP contribution in [0.4, 0.5) is 0 Å². The van der Waals surface area contributed by atoms with Crippen LogP contribution in [-0.4, -0.2) is 18.8 Å². The zero-order valence-corrected chi connectivity index (χ0v) is 11.6. The summed E-state index contributed by atoms with van der Waals surface area (Å²) >= 11 is 0. The van der Waals surface area contributed by atoms with Gasteiger partial charge in [0.25, 0.3) is 0 Å². The molecule has 0 aliphatic heterocycles. The predicted molar refractivity (Wildman–Crippen MR) is 71.6 cm³/mol. The fourth-order valence-electron chi connectivity index (χ4n) is 2.09. The third kappa shape index (κ3) is 3.22. The van der Waals surface area contributed by atoms with E-state index in [1.807, 2.05) is 6.07 Å². The third-order valence-electron chi connectivity index (χ3n) is 3.73. The first-order valence-electron chi connectivity index (χ1n) is 6.25. The SMILES string of the molecule is COc1ccc(CC(CO)C(C)C)c(C)c1C. The van der Waals surface area contributed by atoms with Gasteiger partial charge in [-0.2, -0.15) is 0 Å².